The molecule has 4 nitrogen and oxygen atoms in total. The van der Waals surface area contributed by atoms with Crippen LogP contribution in [0, 0.1) is 0 Å². The van der Waals surface area contributed by atoms with E-state index >= 15 is 0 Å². The summed E-state index contributed by atoms with van der Waals surface area (Å²) in [6, 6.07) is 47.9. The van der Waals surface area contributed by atoms with Crippen molar-refractivity contribution in [2.75, 3.05) is 0 Å². The fourth-order valence-electron chi connectivity index (χ4n) is 5.67. The second-order valence-electron chi connectivity index (χ2n) is 10.3. The van der Waals surface area contributed by atoms with Crippen LogP contribution in [0.2, 0.25) is 0 Å². The molecule has 0 aliphatic heterocycles. The average molecular weight is 537 g/mol. The third-order valence-electron chi connectivity index (χ3n) is 7.72. The maximum absolute atomic E-state index is 5.19. The minimum absolute atomic E-state index is 0.684. The van der Waals surface area contributed by atoms with Gasteiger partial charge in [0.25, 0.3) is 0 Å². The fourth-order valence-corrected chi connectivity index (χ4v) is 5.67. The summed E-state index contributed by atoms with van der Waals surface area (Å²) in [5.74, 6) is 0.684. The molecule has 0 radical (unpaired) electrons. The van der Waals surface area contributed by atoms with Crippen LogP contribution in [0.1, 0.15) is 0 Å². The van der Waals surface area contributed by atoms with E-state index in [4.69, 9.17) is 19.9 Å². The Balaban J connectivity index is 1.40. The first-order valence-corrected chi connectivity index (χ1v) is 14.0. The summed E-state index contributed by atoms with van der Waals surface area (Å²) >= 11 is 0. The lowest BCUT2D eigenvalue weighted by molar-refractivity contribution is 1.19. The molecule has 0 saturated heterocycles. The van der Waals surface area contributed by atoms with Crippen molar-refractivity contribution in [3.63, 3.8) is 0 Å². The van der Waals surface area contributed by atoms with Gasteiger partial charge >= 0.3 is 0 Å². The molecule has 42 heavy (non-hydrogen) atoms. The Kier molecular flexibility index (Phi) is 5.75. The van der Waals surface area contributed by atoms with Gasteiger partial charge in [-0.05, 0) is 29.3 Å². The molecule has 5 aromatic carbocycles. The average Bonchev–Trinajstić information content (AvgIpc) is 3.08. The van der Waals surface area contributed by atoms with E-state index in [2.05, 4.69) is 103 Å². The van der Waals surface area contributed by atoms with Crippen molar-refractivity contribution in [1.82, 2.24) is 19.9 Å². The Morgan fingerprint density at radius 2 is 1.07 bits per heavy atom. The monoisotopic (exact) mass is 536 g/mol. The van der Waals surface area contributed by atoms with Gasteiger partial charge in [0.15, 0.2) is 5.82 Å². The molecule has 0 bridgehead atoms. The van der Waals surface area contributed by atoms with E-state index in [9.17, 15) is 0 Å². The van der Waals surface area contributed by atoms with Gasteiger partial charge in [0.05, 0.1) is 27.9 Å². The molecule has 0 fully saturated rings. The number of para-hydroxylation sites is 1. The Hall–Kier alpha value is -5.74. The molecule has 8 aromatic rings. The van der Waals surface area contributed by atoms with Crippen molar-refractivity contribution < 1.29 is 0 Å². The predicted molar refractivity (Wildman–Crippen MR) is 172 cm³/mol. The zero-order chi connectivity index (χ0) is 27.9. The molecule has 196 valence electrons. The van der Waals surface area contributed by atoms with Crippen LogP contribution in [0.4, 0.5) is 0 Å². The summed E-state index contributed by atoms with van der Waals surface area (Å²) in [5, 5.41) is 3.12. The fraction of sp³-hybridized carbons (Fsp3) is 0. The van der Waals surface area contributed by atoms with Crippen molar-refractivity contribution in [1.29, 1.82) is 0 Å². The third kappa shape index (κ3) is 4.18. The van der Waals surface area contributed by atoms with Gasteiger partial charge in [-0.1, -0.05) is 121 Å². The zero-order valence-electron chi connectivity index (χ0n) is 22.6. The molecule has 4 heteroatoms. The van der Waals surface area contributed by atoms with E-state index < -0.39 is 0 Å². The van der Waals surface area contributed by atoms with Gasteiger partial charge in [0.1, 0.15) is 0 Å². The highest BCUT2D eigenvalue weighted by Crippen LogP contribution is 2.38. The number of rotatable bonds is 4. The van der Waals surface area contributed by atoms with Gasteiger partial charge in [-0.2, -0.15) is 0 Å². The molecular formula is C38H24N4. The third-order valence-corrected chi connectivity index (χ3v) is 7.72. The summed E-state index contributed by atoms with van der Waals surface area (Å²) in [6.45, 7) is 0. The number of fused-ring (bicyclic) bond motifs is 4. The highest BCUT2D eigenvalue weighted by Gasteiger charge is 2.18. The van der Waals surface area contributed by atoms with Crippen LogP contribution in [0.5, 0.6) is 0 Å². The van der Waals surface area contributed by atoms with E-state index in [0.717, 1.165) is 60.8 Å². The Morgan fingerprint density at radius 1 is 0.405 bits per heavy atom. The van der Waals surface area contributed by atoms with Gasteiger partial charge in [0.2, 0.25) is 0 Å². The summed E-state index contributed by atoms with van der Waals surface area (Å²) in [4.78, 5) is 20.1. The Morgan fingerprint density at radius 3 is 1.88 bits per heavy atom. The normalized spacial score (nSPS) is 11.3. The van der Waals surface area contributed by atoms with Gasteiger partial charge in [-0.25, -0.2) is 15.0 Å². The lowest BCUT2D eigenvalue weighted by atomic mass is 9.96. The van der Waals surface area contributed by atoms with E-state index in [1.165, 1.54) is 11.1 Å². The largest absolute Gasteiger partial charge is 0.254 e. The minimum Gasteiger partial charge on any atom is -0.254 e. The van der Waals surface area contributed by atoms with E-state index in [-0.39, 0.29) is 0 Å². The van der Waals surface area contributed by atoms with Crippen LogP contribution in [0.25, 0.3) is 77.7 Å². The van der Waals surface area contributed by atoms with Crippen molar-refractivity contribution >= 4 is 32.7 Å². The molecule has 8 rings (SSSR count). The SMILES string of the molecule is c1ccc(-c2ccc(-c3cc(-c4c5ccccc5nc5c4ccc4cccnc45)nc(-c4ccccc4)n3)cc2)cc1. The molecule has 0 spiro atoms. The molecule has 3 heterocycles. The topological polar surface area (TPSA) is 51.6 Å². The van der Waals surface area contributed by atoms with Crippen LogP contribution in [0.3, 0.4) is 0 Å². The van der Waals surface area contributed by atoms with Crippen LogP contribution in [-0.2, 0) is 0 Å². The first-order chi connectivity index (χ1) is 20.8. The van der Waals surface area contributed by atoms with Gasteiger partial charge in [-0.3, -0.25) is 4.98 Å². The predicted octanol–water partition coefficient (Wildman–Crippen LogP) is 9.39. The van der Waals surface area contributed by atoms with Crippen LogP contribution < -0.4 is 0 Å². The van der Waals surface area contributed by atoms with Crippen LogP contribution >= 0.6 is 0 Å². The Labute approximate surface area is 243 Å². The van der Waals surface area contributed by atoms with Crippen LogP contribution in [-0.4, -0.2) is 19.9 Å². The molecule has 0 unspecified atom stereocenters. The van der Waals surface area contributed by atoms with Gasteiger partial charge < -0.3 is 0 Å². The maximum Gasteiger partial charge on any atom is 0.160 e. The zero-order valence-corrected chi connectivity index (χ0v) is 22.6. The second kappa shape index (κ2) is 10.0. The standard InChI is InChI=1S/C38H24N4/c1-3-10-25(11-4-1)26-17-19-27(20-18-26)33-24-34(42-38(41-33)29-12-5-2-6-13-29)35-30-15-7-8-16-32(30)40-37-31(35)22-21-28-14-9-23-39-36(28)37/h1-24H. The molecule has 0 N–H and O–H groups in total. The first-order valence-electron chi connectivity index (χ1n) is 14.0. The second-order valence-corrected chi connectivity index (χ2v) is 10.3. The molecule has 0 aliphatic rings. The number of hydrogen-bond acceptors (Lipinski definition) is 4. The van der Waals surface area contributed by atoms with E-state index in [0.29, 0.717) is 5.82 Å². The number of benzene rings is 5. The Bertz CT molecular complexity index is 2230. The lowest BCUT2D eigenvalue weighted by Gasteiger charge is -2.14. The van der Waals surface area contributed by atoms with Gasteiger partial charge in [-0.15, -0.1) is 0 Å². The first kappa shape index (κ1) is 24.1. The highest BCUT2D eigenvalue weighted by molar-refractivity contribution is 6.15. The number of pyridine rings is 2. The van der Waals surface area contributed by atoms with E-state index in [1.807, 2.05) is 42.6 Å². The maximum atomic E-state index is 5.19. The summed E-state index contributed by atoms with van der Waals surface area (Å²) in [7, 11) is 0. The lowest BCUT2D eigenvalue weighted by Crippen LogP contribution is -1.98. The van der Waals surface area contributed by atoms with Crippen molar-refractivity contribution in [2.45, 2.75) is 0 Å². The highest BCUT2D eigenvalue weighted by atomic mass is 14.9. The summed E-state index contributed by atoms with van der Waals surface area (Å²) in [6.07, 6.45) is 1.83. The summed E-state index contributed by atoms with van der Waals surface area (Å²) < 4.78 is 0. The molecule has 0 atom stereocenters. The van der Waals surface area contributed by atoms with Crippen molar-refractivity contribution in [3.05, 3.63) is 146 Å². The van der Waals surface area contributed by atoms with Crippen molar-refractivity contribution in [3.8, 4) is 45.0 Å². The number of aromatic nitrogens is 4. The molecule has 0 saturated carbocycles. The van der Waals surface area contributed by atoms with Crippen LogP contribution in [0.15, 0.2) is 146 Å². The van der Waals surface area contributed by atoms with E-state index in [1.54, 1.807) is 0 Å². The van der Waals surface area contributed by atoms with Gasteiger partial charge in [0, 0.05) is 39.0 Å². The molecule has 3 aromatic heterocycles. The smallest absolute Gasteiger partial charge is 0.160 e. The van der Waals surface area contributed by atoms with Crippen molar-refractivity contribution in [2.24, 2.45) is 0 Å². The minimum atomic E-state index is 0.684. The molecule has 0 aliphatic carbocycles. The quantitative estimate of drug-likeness (QED) is 0.166. The number of nitrogens with zero attached hydrogens (tertiary/aromatic N) is 4. The summed E-state index contributed by atoms with van der Waals surface area (Å²) in [5.41, 5.74) is 9.77. The number of hydrogen-bond donors (Lipinski definition) is 0. The molecule has 0 amide bonds. The molecular weight excluding hydrogens is 512 g/mol.